The number of aliphatic hydroxyl groups excluding tert-OH is 1. The van der Waals surface area contributed by atoms with Crippen molar-refractivity contribution in [1.82, 2.24) is 4.31 Å². The molecule has 0 aliphatic carbocycles. The third-order valence-electron chi connectivity index (χ3n) is 5.04. The van der Waals surface area contributed by atoms with Crippen LogP contribution in [-0.2, 0) is 10.0 Å². The zero-order valence-electron chi connectivity index (χ0n) is 15.9. The van der Waals surface area contributed by atoms with Gasteiger partial charge in [0.1, 0.15) is 35.4 Å². The number of hydrogen-bond donors (Lipinski definition) is 2. The van der Waals surface area contributed by atoms with Gasteiger partial charge in [-0.15, -0.1) is 0 Å². The molecule has 0 saturated carbocycles. The Balaban J connectivity index is 1.95. The van der Waals surface area contributed by atoms with Gasteiger partial charge in [0.2, 0.25) is 10.0 Å². The molecule has 3 atom stereocenters. The van der Waals surface area contributed by atoms with Gasteiger partial charge in [0.05, 0.1) is 28.7 Å². The molecule has 2 N–H and O–H groups in total. The van der Waals surface area contributed by atoms with Crippen LogP contribution in [0.5, 0.6) is 5.75 Å². The minimum Gasteiger partial charge on any atom is -0.486 e. The topological polar surface area (TPSA) is 135 Å². The first kappa shape index (κ1) is 21.7. The Hall–Kier alpha value is -3.02. The summed E-state index contributed by atoms with van der Waals surface area (Å²) in [6.07, 6.45) is -2.61. The summed E-state index contributed by atoms with van der Waals surface area (Å²) in [5.41, 5.74) is -2.24. The summed E-state index contributed by atoms with van der Waals surface area (Å²) < 4.78 is 46.6. The van der Waals surface area contributed by atoms with Gasteiger partial charge >= 0.3 is 0 Å². The lowest BCUT2D eigenvalue weighted by atomic mass is 9.94. The highest BCUT2D eigenvalue weighted by Gasteiger charge is 2.54. The van der Waals surface area contributed by atoms with Crippen molar-refractivity contribution < 1.29 is 27.8 Å². The number of rotatable bonds is 5. The molecular formula is C20H18FN3O5S. The van der Waals surface area contributed by atoms with E-state index in [9.17, 15) is 28.3 Å². The molecule has 156 valence electrons. The Morgan fingerprint density at radius 1 is 1.23 bits per heavy atom. The minimum atomic E-state index is -4.19. The Morgan fingerprint density at radius 2 is 1.90 bits per heavy atom. The maximum absolute atomic E-state index is 13.9. The third-order valence-corrected chi connectivity index (χ3v) is 6.91. The molecule has 1 saturated heterocycles. The van der Waals surface area contributed by atoms with Gasteiger partial charge in [-0.1, -0.05) is 12.1 Å². The molecule has 0 radical (unpaired) electrons. The Bertz CT molecular complexity index is 1160. The van der Waals surface area contributed by atoms with Crippen LogP contribution in [-0.4, -0.2) is 53.8 Å². The summed E-state index contributed by atoms with van der Waals surface area (Å²) in [5.74, 6) is -0.867. The molecule has 1 fully saturated rings. The van der Waals surface area contributed by atoms with Crippen LogP contribution in [0.4, 0.5) is 4.39 Å². The average Bonchev–Trinajstić information content (AvgIpc) is 3.06. The standard InChI is InChI=1S/C20H18FN3O5S/c1-13(25)20(26)12-24(30(27,28)18-5-3-2-4-15(18)10-23)11-19(20)29-16-7-6-14(9-22)17(21)8-16/h2-8,13,19,25-26H,11-12H2,1H3/t13?,19-,20+/m0/s1. The number of ether oxygens (including phenoxy) is 1. The molecule has 2 aromatic rings. The number of halogens is 1. The van der Waals surface area contributed by atoms with Gasteiger partial charge < -0.3 is 14.9 Å². The van der Waals surface area contributed by atoms with E-state index in [1.165, 1.54) is 43.3 Å². The minimum absolute atomic E-state index is 0.0350. The SMILES string of the molecule is CC(O)[C@]1(O)CN(S(=O)(=O)c2ccccc2C#N)C[C@@H]1Oc1ccc(C#N)c(F)c1. The van der Waals surface area contributed by atoms with Gasteiger partial charge in [0, 0.05) is 12.6 Å². The van der Waals surface area contributed by atoms with E-state index in [-0.39, 0.29) is 28.3 Å². The molecule has 8 nitrogen and oxygen atoms in total. The summed E-state index contributed by atoms with van der Waals surface area (Å²) in [5, 5.41) is 39.2. The van der Waals surface area contributed by atoms with Crippen molar-refractivity contribution in [2.24, 2.45) is 0 Å². The van der Waals surface area contributed by atoms with Crippen molar-refractivity contribution in [2.75, 3.05) is 13.1 Å². The molecule has 0 spiro atoms. The molecule has 2 aromatic carbocycles. The van der Waals surface area contributed by atoms with Crippen molar-refractivity contribution in [2.45, 2.75) is 29.6 Å². The van der Waals surface area contributed by atoms with Gasteiger partial charge in [-0.3, -0.25) is 0 Å². The van der Waals surface area contributed by atoms with Gasteiger partial charge in [-0.2, -0.15) is 14.8 Å². The van der Waals surface area contributed by atoms with Gasteiger partial charge in [0.25, 0.3) is 0 Å². The van der Waals surface area contributed by atoms with Crippen molar-refractivity contribution in [3.8, 4) is 17.9 Å². The van der Waals surface area contributed by atoms with E-state index in [1.54, 1.807) is 6.07 Å². The predicted octanol–water partition coefficient (Wildman–Crippen LogP) is 1.13. The quantitative estimate of drug-likeness (QED) is 0.725. The van der Waals surface area contributed by atoms with Crippen molar-refractivity contribution >= 4 is 10.0 Å². The van der Waals surface area contributed by atoms with Crippen LogP contribution in [0.15, 0.2) is 47.4 Å². The molecule has 0 bridgehead atoms. The van der Waals surface area contributed by atoms with E-state index in [2.05, 4.69) is 0 Å². The highest BCUT2D eigenvalue weighted by Crippen LogP contribution is 2.34. The van der Waals surface area contributed by atoms with Crippen molar-refractivity contribution in [3.05, 3.63) is 59.4 Å². The fourth-order valence-corrected chi connectivity index (χ4v) is 4.89. The van der Waals surface area contributed by atoms with Gasteiger partial charge in [-0.05, 0) is 31.2 Å². The van der Waals surface area contributed by atoms with E-state index in [0.29, 0.717) is 0 Å². The number of nitriles is 2. The molecule has 10 heteroatoms. The molecule has 1 unspecified atom stereocenters. The molecule has 1 heterocycles. The average molecular weight is 431 g/mol. The zero-order chi connectivity index (χ0) is 22.1. The monoisotopic (exact) mass is 431 g/mol. The van der Waals surface area contributed by atoms with E-state index >= 15 is 0 Å². The second kappa shape index (κ2) is 8.01. The molecule has 1 aliphatic rings. The van der Waals surface area contributed by atoms with Crippen LogP contribution in [0.1, 0.15) is 18.1 Å². The van der Waals surface area contributed by atoms with Crippen LogP contribution >= 0.6 is 0 Å². The van der Waals surface area contributed by atoms with E-state index in [4.69, 9.17) is 10.00 Å². The second-order valence-corrected chi connectivity index (χ2v) is 8.84. The number of hydrogen-bond acceptors (Lipinski definition) is 7. The molecule has 0 amide bonds. The maximum Gasteiger partial charge on any atom is 0.244 e. The molecule has 30 heavy (non-hydrogen) atoms. The first-order valence-corrected chi connectivity index (χ1v) is 10.3. The fraction of sp³-hybridized carbons (Fsp3) is 0.300. The number of sulfonamides is 1. The highest BCUT2D eigenvalue weighted by atomic mass is 32.2. The third kappa shape index (κ3) is 3.74. The summed E-state index contributed by atoms with van der Waals surface area (Å²) in [4.78, 5) is -0.231. The Morgan fingerprint density at radius 3 is 2.50 bits per heavy atom. The molecule has 1 aliphatic heterocycles. The lowest BCUT2D eigenvalue weighted by Gasteiger charge is -2.31. The lowest BCUT2D eigenvalue weighted by Crippen LogP contribution is -2.53. The number of aliphatic hydroxyl groups is 2. The van der Waals surface area contributed by atoms with Crippen LogP contribution < -0.4 is 4.74 Å². The van der Waals surface area contributed by atoms with Crippen LogP contribution in [0.2, 0.25) is 0 Å². The maximum atomic E-state index is 13.9. The van der Waals surface area contributed by atoms with E-state index in [0.717, 1.165) is 10.4 Å². The lowest BCUT2D eigenvalue weighted by molar-refractivity contribution is -0.104. The largest absolute Gasteiger partial charge is 0.486 e. The van der Waals surface area contributed by atoms with E-state index < -0.39 is 40.2 Å². The first-order chi connectivity index (χ1) is 14.1. The van der Waals surface area contributed by atoms with Gasteiger partial charge in [0.15, 0.2) is 0 Å². The smallest absolute Gasteiger partial charge is 0.244 e. The number of nitrogens with zero attached hydrogens (tertiary/aromatic N) is 3. The van der Waals surface area contributed by atoms with Gasteiger partial charge in [-0.25, -0.2) is 12.8 Å². The summed E-state index contributed by atoms with van der Waals surface area (Å²) in [6.45, 7) is 0.455. The fourth-order valence-electron chi connectivity index (χ4n) is 3.26. The van der Waals surface area contributed by atoms with Crippen LogP contribution in [0.3, 0.4) is 0 Å². The zero-order valence-corrected chi connectivity index (χ0v) is 16.7. The highest BCUT2D eigenvalue weighted by molar-refractivity contribution is 7.89. The molecular weight excluding hydrogens is 413 g/mol. The Kier molecular flexibility index (Phi) is 5.79. The molecule has 3 rings (SSSR count). The number of benzene rings is 2. The van der Waals surface area contributed by atoms with Crippen LogP contribution in [0.25, 0.3) is 0 Å². The first-order valence-electron chi connectivity index (χ1n) is 8.89. The summed E-state index contributed by atoms with van der Waals surface area (Å²) in [6, 6.07) is 12.6. The van der Waals surface area contributed by atoms with Crippen molar-refractivity contribution in [3.63, 3.8) is 0 Å². The van der Waals surface area contributed by atoms with E-state index in [1.807, 2.05) is 6.07 Å². The van der Waals surface area contributed by atoms with Crippen LogP contribution in [0, 0.1) is 28.5 Å². The molecule has 0 aromatic heterocycles. The number of β-amino-alcohol motifs (C(OH)–C–C–N with tert-alkyl or cyclic N) is 1. The summed E-state index contributed by atoms with van der Waals surface area (Å²) in [7, 11) is -4.19. The normalized spacial score (nSPS) is 22.8. The van der Waals surface area contributed by atoms with Crippen molar-refractivity contribution in [1.29, 1.82) is 10.5 Å². The predicted molar refractivity (Wildman–Crippen MR) is 102 cm³/mol. The second-order valence-electron chi connectivity index (χ2n) is 6.93. The Labute approximate surface area is 173 Å². The summed E-state index contributed by atoms with van der Waals surface area (Å²) >= 11 is 0.